The summed E-state index contributed by atoms with van der Waals surface area (Å²) in [7, 11) is 0. The summed E-state index contributed by atoms with van der Waals surface area (Å²) in [6.07, 6.45) is 1.86. The molecule has 1 aromatic heterocycles. The van der Waals surface area contributed by atoms with Gasteiger partial charge in [0.05, 0.1) is 12.2 Å². The number of nitrogens with zero attached hydrogens (tertiary/aromatic N) is 4. The van der Waals surface area contributed by atoms with Crippen LogP contribution in [0.5, 0.6) is 5.75 Å². The average molecular weight is 384 g/mol. The predicted octanol–water partition coefficient (Wildman–Crippen LogP) is 3.60. The smallest absolute Gasteiger partial charge is 0.321 e. The molecule has 0 unspecified atom stereocenters. The maximum Gasteiger partial charge on any atom is 0.321 e. The lowest BCUT2D eigenvalue weighted by molar-refractivity contribution is 0.127. The number of rotatable bonds is 5. The van der Waals surface area contributed by atoms with E-state index in [0.717, 1.165) is 11.4 Å². The highest BCUT2D eigenvalue weighted by Crippen LogP contribution is 2.22. The van der Waals surface area contributed by atoms with Crippen molar-refractivity contribution in [2.45, 2.75) is 12.6 Å². The summed E-state index contributed by atoms with van der Waals surface area (Å²) >= 11 is 5.85. The maximum atomic E-state index is 12.2. The molecule has 138 valence electrons. The molecule has 1 N–H and O–H groups in total. The number of likely N-dealkylation sites (tertiary alicyclic amines) is 1. The van der Waals surface area contributed by atoms with Gasteiger partial charge in [-0.3, -0.25) is 0 Å². The number of hydrogen-bond donors (Lipinski definition) is 1. The Bertz CT molecular complexity index is 907. The van der Waals surface area contributed by atoms with E-state index in [1.165, 1.54) is 0 Å². The number of anilines is 1. The maximum absolute atomic E-state index is 12.2. The fraction of sp³-hybridized carbons (Fsp3) is 0.211. The van der Waals surface area contributed by atoms with Crippen LogP contribution >= 0.6 is 11.6 Å². The minimum atomic E-state index is -0.138. The Labute approximate surface area is 161 Å². The molecule has 3 aromatic rings. The number of aromatic nitrogens is 3. The molecule has 0 bridgehead atoms. The van der Waals surface area contributed by atoms with Crippen molar-refractivity contribution in [1.82, 2.24) is 19.9 Å². The molecule has 1 aliphatic heterocycles. The molecule has 1 aliphatic rings. The van der Waals surface area contributed by atoms with Gasteiger partial charge in [-0.1, -0.05) is 35.0 Å². The molecule has 1 saturated heterocycles. The standard InChI is InChI=1S/C19H18ClN5O2/c20-14-6-8-15(9-7-14)21-19(26)24-11-17(12-24)25-10-16(22-23-25)13-27-18-4-2-1-3-5-18/h1-10,17H,11-13H2,(H,21,26). The van der Waals surface area contributed by atoms with Gasteiger partial charge in [0.15, 0.2) is 0 Å². The Balaban J connectivity index is 1.26. The molecule has 0 spiro atoms. The Kier molecular flexibility index (Phi) is 4.93. The lowest BCUT2D eigenvalue weighted by Crippen LogP contribution is -2.52. The number of halogens is 1. The first-order chi connectivity index (χ1) is 13.2. The van der Waals surface area contributed by atoms with Crippen LogP contribution in [0, 0.1) is 0 Å². The van der Waals surface area contributed by atoms with Crippen LogP contribution in [0.4, 0.5) is 10.5 Å². The van der Waals surface area contributed by atoms with Crippen LogP contribution in [0.2, 0.25) is 5.02 Å². The normalized spacial score (nSPS) is 13.9. The average Bonchev–Trinajstić information content (AvgIpc) is 3.10. The molecular formula is C19H18ClN5O2. The van der Waals surface area contributed by atoms with Crippen LogP contribution < -0.4 is 10.1 Å². The van der Waals surface area contributed by atoms with Gasteiger partial charge >= 0.3 is 6.03 Å². The summed E-state index contributed by atoms with van der Waals surface area (Å²) in [5.41, 5.74) is 1.47. The van der Waals surface area contributed by atoms with Crippen LogP contribution in [0.25, 0.3) is 0 Å². The molecule has 0 saturated carbocycles. The van der Waals surface area contributed by atoms with E-state index in [9.17, 15) is 4.79 Å². The van der Waals surface area contributed by atoms with Gasteiger partial charge in [0, 0.05) is 23.8 Å². The third-order valence-electron chi connectivity index (χ3n) is 4.31. The number of hydrogen-bond acceptors (Lipinski definition) is 4. The van der Waals surface area contributed by atoms with E-state index in [-0.39, 0.29) is 12.1 Å². The fourth-order valence-corrected chi connectivity index (χ4v) is 2.88. The van der Waals surface area contributed by atoms with Crippen LogP contribution in [-0.4, -0.2) is 39.0 Å². The molecule has 2 heterocycles. The van der Waals surface area contributed by atoms with E-state index in [2.05, 4.69) is 15.6 Å². The highest BCUT2D eigenvalue weighted by atomic mass is 35.5. The van der Waals surface area contributed by atoms with Crippen molar-refractivity contribution in [3.8, 4) is 5.75 Å². The topological polar surface area (TPSA) is 72.3 Å². The number of para-hydroxylation sites is 1. The quantitative estimate of drug-likeness (QED) is 0.730. The fourth-order valence-electron chi connectivity index (χ4n) is 2.76. The zero-order chi connectivity index (χ0) is 18.6. The van der Waals surface area contributed by atoms with Crippen molar-refractivity contribution in [3.05, 3.63) is 71.5 Å². The van der Waals surface area contributed by atoms with Gasteiger partial charge in [0.2, 0.25) is 0 Å². The molecule has 8 heteroatoms. The summed E-state index contributed by atoms with van der Waals surface area (Å²) in [5.74, 6) is 0.792. The SMILES string of the molecule is O=C(Nc1ccc(Cl)cc1)N1CC(n2cc(COc3ccccc3)nn2)C1. The van der Waals surface area contributed by atoms with Gasteiger partial charge < -0.3 is 15.0 Å². The summed E-state index contributed by atoms with van der Waals surface area (Å²) in [4.78, 5) is 14.0. The third kappa shape index (κ3) is 4.20. The van der Waals surface area contributed by atoms with Gasteiger partial charge in [-0.25, -0.2) is 9.48 Å². The zero-order valence-electron chi connectivity index (χ0n) is 14.5. The Morgan fingerprint density at radius 1 is 1.15 bits per heavy atom. The molecule has 1 fully saturated rings. The number of carbonyl (C=O) groups excluding carboxylic acids is 1. The molecule has 7 nitrogen and oxygen atoms in total. The Morgan fingerprint density at radius 2 is 1.89 bits per heavy atom. The van der Waals surface area contributed by atoms with Crippen LogP contribution in [-0.2, 0) is 6.61 Å². The largest absolute Gasteiger partial charge is 0.487 e. The van der Waals surface area contributed by atoms with Crippen molar-refractivity contribution in [2.75, 3.05) is 18.4 Å². The van der Waals surface area contributed by atoms with E-state index < -0.39 is 0 Å². The number of ether oxygens (including phenoxy) is 1. The monoisotopic (exact) mass is 383 g/mol. The van der Waals surface area contributed by atoms with E-state index >= 15 is 0 Å². The van der Waals surface area contributed by atoms with Gasteiger partial charge in [0.1, 0.15) is 18.1 Å². The van der Waals surface area contributed by atoms with Gasteiger partial charge in [-0.2, -0.15) is 0 Å². The minimum Gasteiger partial charge on any atom is -0.487 e. The molecule has 0 atom stereocenters. The molecule has 2 amide bonds. The highest BCUT2D eigenvalue weighted by Gasteiger charge is 2.32. The van der Waals surface area contributed by atoms with Crippen LogP contribution in [0.15, 0.2) is 60.8 Å². The minimum absolute atomic E-state index is 0.124. The lowest BCUT2D eigenvalue weighted by atomic mass is 10.1. The number of amides is 2. The van der Waals surface area contributed by atoms with Gasteiger partial charge in [-0.15, -0.1) is 5.10 Å². The van der Waals surface area contributed by atoms with Crippen LogP contribution in [0.3, 0.4) is 0 Å². The van der Waals surface area contributed by atoms with E-state index in [1.807, 2.05) is 36.5 Å². The molecule has 0 radical (unpaired) electrons. The van der Waals surface area contributed by atoms with Crippen molar-refractivity contribution in [1.29, 1.82) is 0 Å². The molecule has 2 aromatic carbocycles. The second-order valence-electron chi connectivity index (χ2n) is 6.29. The summed E-state index contributed by atoms with van der Waals surface area (Å²) < 4.78 is 7.46. The van der Waals surface area contributed by atoms with Gasteiger partial charge in [-0.05, 0) is 36.4 Å². The van der Waals surface area contributed by atoms with Gasteiger partial charge in [0.25, 0.3) is 0 Å². The second kappa shape index (κ2) is 7.67. The second-order valence-corrected chi connectivity index (χ2v) is 6.72. The highest BCUT2D eigenvalue weighted by molar-refractivity contribution is 6.30. The van der Waals surface area contributed by atoms with E-state index in [4.69, 9.17) is 16.3 Å². The Hall–Kier alpha value is -3.06. The third-order valence-corrected chi connectivity index (χ3v) is 4.56. The summed E-state index contributed by atoms with van der Waals surface area (Å²) in [5, 5.41) is 11.8. The van der Waals surface area contributed by atoms with Crippen molar-refractivity contribution >= 4 is 23.3 Å². The van der Waals surface area contributed by atoms with Crippen molar-refractivity contribution < 1.29 is 9.53 Å². The molecule has 27 heavy (non-hydrogen) atoms. The van der Waals surface area contributed by atoms with Crippen molar-refractivity contribution in [3.63, 3.8) is 0 Å². The Morgan fingerprint density at radius 3 is 2.63 bits per heavy atom. The first-order valence-corrected chi connectivity index (χ1v) is 8.95. The summed E-state index contributed by atoms with van der Waals surface area (Å²) in [6.45, 7) is 1.53. The number of nitrogens with one attached hydrogen (secondary N) is 1. The number of urea groups is 1. The van der Waals surface area contributed by atoms with Crippen molar-refractivity contribution in [2.24, 2.45) is 0 Å². The first kappa shape index (κ1) is 17.4. The number of benzene rings is 2. The summed E-state index contributed by atoms with van der Waals surface area (Å²) in [6, 6.07) is 16.6. The van der Waals surface area contributed by atoms with Crippen LogP contribution in [0.1, 0.15) is 11.7 Å². The molecule has 0 aliphatic carbocycles. The molecule has 4 rings (SSSR count). The van der Waals surface area contributed by atoms with E-state index in [1.54, 1.807) is 33.8 Å². The predicted molar refractivity (Wildman–Crippen MR) is 102 cm³/mol. The first-order valence-electron chi connectivity index (χ1n) is 8.57. The lowest BCUT2D eigenvalue weighted by Gasteiger charge is -2.38. The number of carbonyl (C=O) groups is 1. The molecular weight excluding hydrogens is 366 g/mol. The zero-order valence-corrected chi connectivity index (χ0v) is 15.2. The van der Waals surface area contributed by atoms with E-state index in [0.29, 0.717) is 30.4 Å².